The first-order valence-corrected chi connectivity index (χ1v) is 14.3. The number of hydrazone groups is 1. The van der Waals surface area contributed by atoms with Gasteiger partial charge in [-0.1, -0.05) is 38.3 Å². The fraction of sp³-hybridized carbons (Fsp3) is 0.516. The van der Waals surface area contributed by atoms with Crippen molar-refractivity contribution in [3.63, 3.8) is 0 Å². The van der Waals surface area contributed by atoms with Crippen molar-refractivity contribution in [2.75, 3.05) is 26.2 Å². The van der Waals surface area contributed by atoms with Crippen LogP contribution in [0.4, 0.5) is 0 Å². The number of aromatic nitrogens is 1. The van der Waals surface area contributed by atoms with E-state index >= 15 is 0 Å². The highest BCUT2D eigenvalue weighted by Crippen LogP contribution is 2.44. The Morgan fingerprint density at radius 2 is 1.84 bits per heavy atom. The maximum Gasteiger partial charge on any atom is 0.240 e. The molecule has 0 radical (unpaired) electrons. The third-order valence-corrected chi connectivity index (χ3v) is 8.92. The summed E-state index contributed by atoms with van der Waals surface area (Å²) in [6, 6.07) is 13.9. The highest BCUT2D eigenvalue weighted by molar-refractivity contribution is 6.12. The fourth-order valence-corrected chi connectivity index (χ4v) is 6.52. The summed E-state index contributed by atoms with van der Waals surface area (Å²) in [5.74, 6) is 1.46. The summed E-state index contributed by atoms with van der Waals surface area (Å²) in [5.41, 5.74) is 7.44. The first kappa shape index (κ1) is 25.1. The summed E-state index contributed by atoms with van der Waals surface area (Å²) in [6.45, 7) is 6.18. The molecule has 1 N–H and O–H groups in total. The minimum Gasteiger partial charge on any atom is -0.492 e. The molecule has 1 amide bonds. The molecule has 6 rings (SSSR count). The SMILES string of the molecule is CCC1CC(=O)NN=C1c1cccc2oc(-c3ccc(OCCN4CCC5(CCCCC5)CC4)cc3)nc12. The number of fused-ring (bicyclic) bond motifs is 1. The second-order valence-electron chi connectivity index (χ2n) is 11.3. The van der Waals surface area contributed by atoms with Gasteiger partial charge in [0.05, 0.1) is 5.71 Å². The molecule has 3 aromatic rings. The lowest BCUT2D eigenvalue weighted by molar-refractivity contribution is -0.122. The number of nitrogens with zero attached hydrogens (tertiary/aromatic N) is 3. The number of amides is 1. The van der Waals surface area contributed by atoms with E-state index in [9.17, 15) is 4.79 Å². The lowest BCUT2D eigenvalue weighted by Crippen LogP contribution is -2.42. The molecule has 200 valence electrons. The molecule has 2 fully saturated rings. The van der Waals surface area contributed by atoms with E-state index in [1.165, 1.54) is 58.0 Å². The van der Waals surface area contributed by atoms with Crippen LogP contribution in [0.1, 0.15) is 70.3 Å². The van der Waals surface area contributed by atoms with Crippen LogP contribution in [0.5, 0.6) is 5.75 Å². The van der Waals surface area contributed by atoms with Crippen molar-refractivity contribution in [3.8, 4) is 17.2 Å². The van der Waals surface area contributed by atoms with Crippen molar-refractivity contribution in [3.05, 3.63) is 48.0 Å². The van der Waals surface area contributed by atoms with Gasteiger partial charge in [0.15, 0.2) is 5.58 Å². The molecule has 1 aromatic heterocycles. The van der Waals surface area contributed by atoms with Gasteiger partial charge in [-0.2, -0.15) is 5.10 Å². The Kier molecular flexibility index (Phi) is 7.20. The van der Waals surface area contributed by atoms with Crippen molar-refractivity contribution < 1.29 is 13.9 Å². The molecule has 2 aromatic carbocycles. The number of para-hydroxylation sites is 1. The zero-order valence-electron chi connectivity index (χ0n) is 22.4. The molecule has 7 heteroatoms. The molecule has 3 aliphatic rings. The highest BCUT2D eigenvalue weighted by Gasteiger charge is 2.35. The summed E-state index contributed by atoms with van der Waals surface area (Å²) in [7, 11) is 0. The lowest BCUT2D eigenvalue weighted by Gasteiger charge is -2.44. The van der Waals surface area contributed by atoms with Crippen LogP contribution < -0.4 is 10.2 Å². The van der Waals surface area contributed by atoms with Crippen molar-refractivity contribution in [2.24, 2.45) is 16.4 Å². The van der Waals surface area contributed by atoms with Crippen LogP contribution in [0, 0.1) is 11.3 Å². The van der Waals surface area contributed by atoms with Gasteiger partial charge in [-0.3, -0.25) is 9.69 Å². The van der Waals surface area contributed by atoms with E-state index in [0.717, 1.165) is 41.1 Å². The van der Waals surface area contributed by atoms with E-state index in [0.29, 0.717) is 29.9 Å². The van der Waals surface area contributed by atoms with Gasteiger partial charge in [-0.15, -0.1) is 0 Å². The Balaban J connectivity index is 1.08. The standard InChI is InChI=1S/C31H38N4O3/c1-2-22-21-27(36)33-34-28(22)25-7-6-8-26-29(25)32-30(38-26)23-9-11-24(12-10-23)37-20-19-35-17-15-31(16-18-35)13-4-3-5-14-31/h6-12,22H,2-5,13-21H2,1H3,(H,33,36). The number of carbonyl (C=O) groups excluding carboxylic acids is 1. The van der Waals surface area contributed by atoms with Crippen molar-refractivity contribution in [2.45, 2.75) is 64.7 Å². The van der Waals surface area contributed by atoms with E-state index < -0.39 is 0 Å². The molecule has 1 saturated carbocycles. The zero-order chi connectivity index (χ0) is 26.0. The first-order valence-electron chi connectivity index (χ1n) is 14.3. The predicted octanol–water partition coefficient (Wildman–Crippen LogP) is 6.17. The molecule has 1 aliphatic carbocycles. The second-order valence-corrected chi connectivity index (χ2v) is 11.3. The zero-order valence-corrected chi connectivity index (χ0v) is 22.4. The van der Waals surface area contributed by atoms with Crippen LogP contribution in [0.15, 0.2) is 52.0 Å². The summed E-state index contributed by atoms with van der Waals surface area (Å²) in [4.78, 5) is 19.2. The Bertz CT molecular complexity index is 1300. The van der Waals surface area contributed by atoms with Gasteiger partial charge in [-0.05, 0) is 80.9 Å². The monoisotopic (exact) mass is 514 g/mol. The van der Waals surface area contributed by atoms with Crippen molar-refractivity contribution in [1.29, 1.82) is 0 Å². The number of hydrogen-bond acceptors (Lipinski definition) is 6. The third kappa shape index (κ3) is 5.21. The average Bonchev–Trinajstić information content (AvgIpc) is 3.40. The quantitative estimate of drug-likeness (QED) is 0.408. The Morgan fingerprint density at radius 1 is 1.05 bits per heavy atom. The number of hydrogen-bond donors (Lipinski definition) is 1. The third-order valence-electron chi connectivity index (χ3n) is 8.92. The summed E-state index contributed by atoms with van der Waals surface area (Å²) < 4.78 is 12.2. The summed E-state index contributed by atoms with van der Waals surface area (Å²) >= 11 is 0. The fourth-order valence-electron chi connectivity index (χ4n) is 6.52. The minimum absolute atomic E-state index is 0.0420. The van der Waals surface area contributed by atoms with Crippen molar-refractivity contribution in [1.82, 2.24) is 15.3 Å². The number of ether oxygens (including phenoxy) is 1. The Hall–Kier alpha value is -3.19. The van der Waals surface area contributed by atoms with Crippen molar-refractivity contribution >= 4 is 22.7 Å². The molecular formula is C31H38N4O3. The molecule has 1 unspecified atom stereocenters. The Morgan fingerprint density at radius 3 is 2.61 bits per heavy atom. The smallest absolute Gasteiger partial charge is 0.240 e. The average molecular weight is 515 g/mol. The van der Waals surface area contributed by atoms with Crippen LogP contribution in [0.2, 0.25) is 0 Å². The van der Waals surface area contributed by atoms with Gasteiger partial charge in [0.2, 0.25) is 11.8 Å². The molecule has 7 nitrogen and oxygen atoms in total. The van der Waals surface area contributed by atoms with Crippen LogP contribution >= 0.6 is 0 Å². The molecule has 2 aliphatic heterocycles. The van der Waals surface area contributed by atoms with E-state index in [1.807, 2.05) is 42.5 Å². The maximum absolute atomic E-state index is 11.8. The molecule has 1 atom stereocenters. The highest BCUT2D eigenvalue weighted by atomic mass is 16.5. The number of likely N-dealkylation sites (tertiary alicyclic amines) is 1. The maximum atomic E-state index is 11.8. The largest absolute Gasteiger partial charge is 0.492 e. The number of piperidine rings is 1. The van der Waals surface area contributed by atoms with Gasteiger partial charge in [0.1, 0.15) is 17.9 Å². The van der Waals surface area contributed by atoms with Gasteiger partial charge >= 0.3 is 0 Å². The number of carbonyl (C=O) groups is 1. The van der Waals surface area contributed by atoms with E-state index in [2.05, 4.69) is 22.4 Å². The van der Waals surface area contributed by atoms with E-state index in [1.54, 1.807) is 0 Å². The summed E-state index contributed by atoms with van der Waals surface area (Å²) in [6.07, 6.45) is 11.2. The van der Waals surface area contributed by atoms with Gasteiger partial charge in [0.25, 0.3) is 0 Å². The van der Waals surface area contributed by atoms with Crippen LogP contribution in [0.3, 0.4) is 0 Å². The van der Waals surface area contributed by atoms with Crippen LogP contribution in [-0.2, 0) is 4.79 Å². The first-order chi connectivity index (χ1) is 18.6. The number of oxazole rings is 1. The second kappa shape index (κ2) is 10.9. The number of rotatable bonds is 7. The number of nitrogens with one attached hydrogen (secondary N) is 1. The normalized spacial score (nSPS) is 21.9. The number of benzene rings is 2. The van der Waals surface area contributed by atoms with Crippen LogP contribution in [-0.4, -0.2) is 47.7 Å². The molecule has 1 saturated heterocycles. The van der Waals surface area contributed by atoms with Crippen LogP contribution in [0.25, 0.3) is 22.6 Å². The van der Waals surface area contributed by atoms with Gasteiger partial charge < -0.3 is 9.15 Å². The molecule has 1 spiro atoms. The summed E-state index contributed by atoms with van der Waals surface area (Å²) in [5, 5.41) is 4.38. The molecule has 3 heterocycles. The molecule has 0 bridgehead atoms. The van der Waals surface area contributed by atoms with E-state index in [-0.39, 0.29) is 11.8 Å². The van der Waals surface area contributed by atoms with E-state index in [4.69, 9.17) is 14.1 Å². The van der Waals surface area contributed by atoms with Gasteiger partial charge in [-0.25, -0.2) is 10.4 Å². The van der Waals surface area contributed by atoms with Gasteiger partial charge in [0, 0.05) is 30.0 Å². The molecule has 38 heavy (non-hydrogen) atoms. The lowest BCUT2D eigenvalue weighted by atomic mass is 9.68. The molecular weight excluding hydrogens is 476 g/mol. The Labute approximate surface area is 224 Å². The predicted molar refractivity (Wildman–Crippen MR) is 149 cm³/mol. The minimum atomic E-state index is -0.0420. The topological polar surface area (TPSA) is 80.0 Å².